The first kappa shape index (κ1) is 12.6. The Morgan fingerprint density at radius 2 is 1.94 bits per heavy atom. The minimum absolute atomic E-state index is 0.0228. The Morgan fingerprint density at radius 1 is 1.29 bits per heavy atom. The van der Waals surface area contributed by atoms with E-state index in [0.29, 0.717) is 0 Å². The minimum atomic E-state index is -1.31. The number of aryl methyl sites for hydroxylation is 1. The topological polar surface area (TPSA) is 118 Å². The van der Waals surface area contributed by atoms with Gasteiger partial charge in [0.1, 0.15) is 0 Å². The van der Waals surface area contributed by atoms with Crippen LogP contribution in [0.5, 0.6) is 0 Å². The number of aromatic carboxylic acids is 1. The molecule has 0 radical (unpaired) electrons. The lowest BCUT2D eigenvalue weighted by Gasteiger charge is -2.04. The number of non-ortho nitro benzene ring substituents is 1. The molecule has 0 aliphatic heterocycles. The van der Waals surface area contributed by atoms with Crippen LogP contribution in [0.1, 0.15) is 22.3 Å². The standard InChI is InChI=1S/C10H9NO6/c12-9(13)4-2-6-1-3-7(11(16)17)5-8(6)10(14)15/h1,3,5H,2,4H2,(H,12,13)(H,14,15). The Kier molecular flexibility index (Phi) is 3.76. The monoisotopic (exact) mass is 239 g/mol. The Balaban J connectivity index is 3.08. The van der Waals surface area contributed by atoms with Gasteiger partial charge in [0.25, 0.3) is 5.69 Å². The van der Waals surface area contributed by atoms with E-state index < -0.39 is 16.9 Å². The predicted molar refractivity (Wildman–Crippen MR) is 56.0 cm³/mol. The summed E-state index contributed by atoms with van der Waals surface area (Å²) in [6.07, 6.45) is -0.201. The van der Waals surface area contributed by atoms with Crippen molar-refractivity contribution in [1.29, 1.82) is 0 Å². The van der Waals surface area contributed by atoms with Crippen LogP contribution in [0.15, 0.2) is 18.2 Å². The summed E-state index contributed by atoms with van der Waals surface area (Å²) in [6.45, 7) is 0. The normalized spacial score (nSPS) is 9.88. The van der Waals surface area contributed by atoms with Crippen molar-refractivity contribution in [2.75, 3.05) is 0 Å². The molecule has 0 atom stereocenters. The number of carboxylic acid groups (broad SMARTS) is 2. The van der Waals surface area contributed by atoms with Crippen LogP contribution in [0.2, 0.25) is 0 Å². The predicted octanol–water partition coefficient (Wildman–Crippen LogP) is 1.31. The Labute approximate surface area is 95.5 Å². The second kappa shape index (κ2) is 5.06. The van der Waals surface area contributed by atoms with Crippen molar-refractivity contribution < 1.29 is 24.7 Å². The summed E-state index contributed by atoms with van der Waals surface area (Å²) < 4.78 is 0. The van der Waals surface area contributed by atoms with Crippen molar-refractivity contribution in [2.45, 2.75) is 12.8 Å². The maximum Gasteiger partial charge on any atom is 0.336 e. The fraction of sp³-hybridized carbons (Fsp3) is 0.200. The SMILES string of the molecule is O=C(O)CCc1ccc([N+](=O)[O-])cc1C(=O)O. The number of carboxylic acids is 2. The van der Waals surface area contributed by atoms with Crippen LogP contribution in [0.4, 0.5) is 5.69 Å². The molecule has 17 heavy (non-hydrogen) atoms. The number of aliphatic carboxylic acids is 1. The first-order valence-corrected chi connectivity index (χ1v) is 4.64. The molecule has 2 N–H and O–H groups in total. The molecular weight excluding hydrogens is 230 g/mol. The third-order valence-electron chi connectivity index (χ3n) is 2.14. The Morgan fingerprint density at radius 3 is 2.41 bits per heavy atom. The van der Waals surface area contributed by atoms with Crippen molar-refractivity contribution in [2.24, 2.45) is 0 Å². The zero-order valence-corrected chi connectivity index (χ0v) is 8.62. The first-order chi connectivity index (χ1) is 7.91. The van der Waals surface area contributed by atoms with Gasteiger partial charge < -0.3 is 10.2 Å². The highest BCUT2D eigenvalue weighted by Gasteiger charge is 2.16. The molecule has 0 heterocycles. The fourth-order valence-electron chi connectivity index (χ4n) is 1.34. The highest BCUT2D eigenvalue weighted by molar-refractivity contribution is 5.90. The van der Waals surface area contributed by atoms with Crippen molar-refractivity contribution in [3.8, 4) is 0 Å². The van der Waals surface area contributed by atoms with Gasteiger partial charge in [0.2, 0.25) is 0 Å². The van der Waals surface area contributed by atoms with E-state index in [1.54, 1.807) is 0 Å². The zero-order valence-electron chi connectivity index (χ0n) is 8.62. The molecule has 0 fully saturated rings. The summed E-state index contributed by atoms with van der Waals surface area (Å²) in [4.78, 5) is 31.0. The van der Waals surface area contributed by atoms with Gasteiger partial charge in [-0.1, -0.05) is 6.07 Å². The third kappa shape index (κ3) is 3.26. The molecule has 1 aromatic rings. The van der Waals surface area contributed by atoms with Gasteiger partial charge in [0.15, 0.2) is 0 Å². The molecule has 0 saturated heterocycles. The van der Waals surface area contributed by atoms with E-state index in [0.717, 1.165) is 12.1 Å². The largest absolute Gasteiger partial charge is 0.481 e. The van der Waals surface area contributed by atoms with Crippen molar-refractivity contribution in [1.82, 2.24) is 0 Å². The number of carbonyl (C=O) groups is 2. The summed E-state index contributed by atoms with van der Waals surface area (Å²) in [6, 6.07) is 3.35. The van der Waals surface area contributed by atoms with Gasteiger partial charge in [-0.3, -0.25) is 14.9 Å². The van der Waals surface area contributed by atoms with Gasteiger partial charge in [-0.15, -0.1) is 0 Å². The molecule has 0 aliphatic rings. The smallest absolute Gasteiger partial charge is 0.336 e. The second-order valence-corrected chi connectivity index (χ2v) is 3.30. The summed E-state index contributed by atoms with van der Waals surface area (Å²) in [5, 5.41) is 27.8. The summed E-state index contributed by atoms with van der Waals surface area (Å²) in [5.74, 6) is -2.37. The van der Waals surface area contributed by atoms with Crippen LogP contribution in [-0.2, 0) is 11.2 Å². The minimum Gasteiger partial charge on any atom is -0.481 e. The van der Waals surface area contributed by atoms with E-state index in [1.165, 1.54) is 6.07 Å². The number of nitro benzene ring substituents is 1. The lowest BCUT2D eigenvalue weighted by atomic mass is 10.0. The van der Waals surface area contributed by atoms with Gasteiger partial charge in [-0.2, -0.15) is 0 Å². The quantitative estimate of drug-likeness (QED) is 0.590. The second-order valence-electron chi connectivity index (χ2n) is 3.30. The lowest BCUT2D eigenvalue weighted by molar-refractivity contribution is -0.384. The molecule has 0 aromatic heterocycles. The van der Waals surface area contributed by atoms with E-state index in [9.17, 15) is 19.7 Å². The molecule has 1 rings (SSSR count). The highest BCUT2D eigenvalue weighted by Crippen LogP contribution is 2.19. The molecule has 0 aliphatic carbocycles. The van der Waals surface area contributed by atoms with Crippen molar-refractivity contribution in [3.05, 3.63) is 39.4 Å². The molecule has 7 heteroatoms. The van der Waals surface area contributed by atoms with Gasteiger partial charge >= 0.3 is 11.9 Å². The van der Waals surface area contributed by atoms with Crippen molar-refractivity contribution in [3.63, 3.8) is 0 Å². The maximum absolute atomic E-state index is 10.9. The fourth-order valence-corrected chi connectivity index (χ4v) is 1.34. The van der Waals surface area contributed by atoms with Gasteiger partial charge in [-0.25, -0.2) is 4.79 Å². The maximum atomic E-state index is 10.9. The average Bonchev–Trinajstić information content (AvgIpc) is 2.25. The zero-order chi connectivity index (χ0) is 13.0. The van der Waals surface area contributed by atoms with Crippen LogP contribution in [-0.4, -0.2) is 27.1 Å². The summed E-state index contributed by atoms with van der Waals surface area (Å²) in [7, 11) is 0. The van der Waals surface area contributed by atoms with Gasteiger partial charge in [0.05, 0.1) is 10.5 Å². The molecule has 0 amide bonds. The number of hydrogen-bond acceptors (Lipinski definition) is 4. The number of nitrogens with zero attached hydrogens (tertiary/aromatic N) is 1. The molecule has 7 nitrogen and oxygen atoms in total. The number of rotatable bonds is 5. The van der Waals surface area contributed by atoms with E-state index in [-0.39, 0.29) is 29.7 Å². The third-order valence-corrected chi connectivity index (χ3v) is 2.14. The van der Waals surface area contributed by atoms with Crippen LogP contribution in [0.25, 0.3) is 0 Å². The van der Waals surface area contributed by atoms with Crippen LogP contribution in [0.3, 0.4) is 0 Å². The molecule has 1 aromatic carbocycles. The lowest BCUT2D eigenvalue weighted by Crippen LogP contribution is -2.06. The van der Waals surface area contributed by atoms with Crippen LogP contribution < -0.4 is 0 Å². The van der Waals surface area contributed by atoms with Gasteiger partial charge in [-0.05, 0) is 12.0 Å². The van der Waals surface area contributed by atoms with Crippen LogP contribution >= 0.6 is 0 Å². The summed E-state index contributed by atoms with van der Waals surface area (Å²) >= 11 is 0. The molecule has 0 bridgehead atoms. The number of benzene rings is 1. The van der Waals surface area contributed by atoms with E-state index >= 15 is 0 Å². The Hall–Kier alpha value is -2.44. The van der Waals surface area contributed by atoms with Crippen LogP contribution in [0, 0.1) is 10.1 Å². The highest BCUT2D eigenvalue weighted by atomic mass is 16.6. The van der Waals surface area contributed by atoms with Crippen molar-refractivity contribution >= 4 is 17.6 Å². The summed E-state index contributed by atoms with van der Waals surface area (Å²) in [5.41, 5.74) is -0.299. The van der Waals surface area contributed by atoms with E-state index in [4.69, 9.17) is 10.2 Å². The molecule has 0 unspecified atom stereocenters. The molecule has 0 saturated carbocycles. The molecule has 90 valence electrons. The van der Waals surface area contributed by atoms with Gasteiger partial charge in [0, 0.05) is 18.6 Å². The molecule has 0 spiro atoms. The first-order valence-electron chi connectivity index (χ1n) is 4.64. The number of hydrogen-bond donors (Lipinski definition) is 2. The Bertz CT molecular complexity index is 482. The van der Waals surface area contributed by atoms with E-state index in [2.05, 4.69) is 0 Å². The molecular formula is C10H9NO6. The number of nitro groups is 1. The van der Waals surface area contributed by atoms with E-state index in [1.807, 2.05) is 0 Å². The average molecular weight is 239 g/mol.